The largest absolute Gasteiger partial charge is 0.369 e. The molecule has 1 fully saturated rings. The summed E-state index contributed by atoms with van der Waals surface area (Å²) in [5.74, 6) is 0. The molecule has 98 valence electrons. The highest BCUT2D eigenvalue weighted by Crippen LogP contribution is 2.30. The Kier molecular flexibility index (Phi) is 3.27. The van der Waals surface area contributed by atoms with Crippen LogP contribution in [0.5, 0.6) is 0 Å². The highest BCUT2D eigenvalue weighted by Gasteiger charge is 2.22. The predicted octanol–water partition coefficient (Wildman–Crippen LogP) is 1.25. The van der Waals surface area contributed by atoms with E-state index in [2.05, 4.69) is 35.0 Å². The lowest BCUT2D eigenvalue weighted by atomic mass is 9.87. The molecule has 1 unspecified atom stereocenters. The quantitative estimate of drug-likeness (QED) is 0.808. The second-order valence-corrected chi connectivity index (χ2v) is 5.71. The van der Waals surface area contributed by atoms with Gasteiger partial charge < -0.3 is 15.5 Å². The standard InChI is InChI=1S/C15H23N3/c1-17-7-9-18(10-8-17)15-4-2-3-12-11-13(16)5-6-14(12)15/h2-4,13H,5-11,16H2,1H3. The molecule has 3 nitrogen and oxygen atoms in total. The summed E-state index contributed by atoms with van der Waals surface area (Å²) in [6.45, 7) is 4.64. The van der Waals surface area contributed by atoms with E-state index in [1.165, 1.54) is 24.3 Å². The van der Waals surface area contributed by atoms with Crippen molar-refractivity contribution in [3.05, 3.63) is 29.3 Å². The van der Waals surface area contributed by atoms with Gasteiger partial charge in [-0.25, -0.2) is 0 Å². The molecular formula is C15H23N3. The maximum absolute atomic E-state index is 6.08. The zero-order chi connectivity index (χ0) is 12.5. The van der Waals surface area contributed by atoms with Crippen molar-refractivity contribution >= 4 is 5.69 Å². The van der Waals surface area contributed by atoms with Gasteiger partial charge in [0.15, 0.2) is 0 Å². The van der Waals surface area contributed by atoms with E-state index in [9.17, 15) is 0 Å². The van der Waals surface area contributed by atoms with Crippen LogP contribution in [0.15, 0.2) is 18.2 Å². The highest BCUT2D eigenvalue weighted by atomic mass is 15.2. The minimum Gasteiger partial charge on any atom is -0.369 e. The fraction of sp³-hybridized carbons (Fsp3) is 0.600. The van der Waals surface area contributed by atoms with Crippen molar-refractivity contribution in [1.29, 1.82) is 0 Å². The zero-order valence-corrected chi connectivity index (χ0v) is 11.2. The van der Waals surface area contributed by atoms with Crippen LogP contribution in [0.4, 0.5) is 5.69 Å². The van der Waals surface area contributed by atoms with E-state index in [0.29, 0.717) is 6.04 Å². The lowest BCUT2D eigenvalue weighted by Gasteiger charge is -2.36. The maximum atomic E-state index is 6.08. The SMILES string of the molecule is CN1CCN(c2cccc3c2CCC(N)C3)CC1. The van der Waals surface area contributed by atoms with Gasteiger partial charge in [-0.2, -0.15) is 0 Å². The van der Waals surface area contributed by atoms with Crippen LogP contribution in [0, 0.1) is 0 Å². The maximum Gasteiger partial charge on any atom is 0.0402 e. The van der Waals surface area contributed by atoms with Gasteiger partial charge >= 0.3 is 0 Å². The molecule has 3 heteroatoms. The number of rotatable bonds is 1. The Bertz CT molecular complexity index is 422. The fourth-order valence-corrected chi connectivity index (χ4v) is 3.16. The lowest BCUT2D eigenvalue weighted by molar-refractivity contribution is 0.312. The van der Waals surface area contributed by atoms with Crippen molar-refractivity contribution in [3.63, 3.8) is 0 Å². The first-order valence-electron chi connectivity index (χ1n) is 7.04. The van der Waals surface area contributed by atoms with Crippen molar-refractivity contribution in [2.45, 2.75) is 25.3 Å². The molecule has 1 atom stereocenters. The van der Waals surface area contributed by atoms with Crippen molar-refractivity contribution in [1.82, 2.24) is 4.90 Å². The molecule has 0 radical (unpaired) electrons. The van der Waals surface area contributed by atoms with Gasteiger partial charge in [0.05, 0.1) is 0 Å². The smallest absolute Gasteiger partial charge is 0.0402 e. The number of nitrogens with zero attached hydrogens (tertiary/aromatic N) is 2. The van der Waals surface area contributed by atoms with Crippen molar-refractivity contribution in [2.24, 2.45) is 5.73 Å². The molecule has 3 rings (SSSR count). The lowest BCUT2D eigenvalue weighted by Crippen LogP contribution is -2.45. The minimum absolute atomic E-state index is 0.361. The number of benzene rings is 1. The molecule has 0 spiro atoms. The molecule has 0 saturated carbocycles. The van der Waals surface area contributed by atoms with E-state index in [4.69, 9.17) is 5.73 Å². The number of anilines is 1. The summed E-state index contributed by atoms with van der Waals surface area (Å²) >= 11 is 0. The van der Waals surface area contributed by atoms with Crippen LogP contribution < -0.4 is 10.6 Å². The van der Waals surface area contributed by atoms with Crippen LogP contribution in [-0.4, -0.2) is 44.2 Å². The summed E-state index contributed by atoms with van der Waals surface area (Å²) in [6.07, 6.45) is 3.34. The van der Waals surface area contributed by atoms with Crippen LogP contribution in [0.25, 0.3) is 0 Å². The average Bonchev–Trinajstić information content (AvgIpc) is 2.38. The van der Waals surface area contributed by atoms with Crippen molar-refractivity contribution in [3.8, 4) is 0 Å². The Labute approximate surface area is 110 Å². The molecule has 18 heavy (non-hydrogen) atoms. The summed E-state index contributed by atoms with van der Waals surface area (Å²) in [6, 6.07) is 7.11. The summed E-state index contributed by atoms with van der Waals surface area (Å²) in [4.78, 5) is 4.96. The van der Waals surface area contributed by atoms with E-state index >= 15 is 0 Å². The van der Waals surface area contributed by atoms with E-state index in [1.54, 1.807) is 5.56 Å². The molecule has 1 heterocycles. The third-order valence-electron chi connectivity index (χ3n) is 4.34. The number of piperazine rings is 1. The topological polar surface area (TPSA) is 32.5 Å². The van der Waals surface area contributed by atoms with E-state index < -0.39 is 0 Å². The summed E-state index contributed by atoms with van der Waals surface area (Å²) in [5.41, 5.74) is 10.6. The molecule has 0 amide bonds. The molecule has 1 aliphatic heterocycles. The van der Waals surface area contributed by atoms with Gasteiger partial charge in [-0.05, 0) is 43.5 Å². The Morgan fingerprint density at radius 3 is 2.72 bits per heavy atom. The van der Waals surface area contributed by atoms with Gasteiger partial charge in [-0.3, -0.25) is 0 Å². The monoisotopic (exact) mass is 245 g/mol. The first-order chi connectivity index (χ1) is 8.74. The molecule has 2 N–H and O–H groups in total. The Hall–Kier alpha value is -1.06. The second-order valence-electron chi connectivity index (χ2n) is 5.71. The van der Waals surface area contributed by atoms with Gasteiger partial charge in [-0.15, -0.1) is 0 Å². The number of hydrogen-bond donors (Lipinski definition) is 1. The second kappa shape index (κ2) is 4.90. The van der Waals surface area contributed by atoms with E-state index in [-0.39, 0.29) is 0 Å². The first-order valence-corrected chi connectivity index (χ1v) is 7.04. The van der Waals surface area contributed by atoms with Gasteiger partial charge in [0, 0.05) is 37.9 Å². The molecule has 2 aliphatic rings. The van der Waals surface area contributed by atoms with E-state index in [0.717, 1.165) is 32.4 Å². The first kappa shape index (κ1) is 12.0. The molecular weight excluding hydrogens is 222 g/mol. The van der Waals surface area contributed by atoms with Crippen LogP contribution >= 0.6 is 0 Å². The Balaban J connectivity index is 1.86. The van der Waals surface area contributed by atoms with Gasteiger partial charge in [0.2, 0.25) is 0 Å². The molecule has 1 aromatic rings. The zero-order valence-electron chi connectivity index (χ0n) is 11.2. The van der Waals surface area contributed by atoms with Crippen molar-refractivity contribution < 1.29 is 0 Å². The Morgan fingerprint density at radius 2 is 1.94 bits per heavy atom. The van der Waals surface area contributed by atoms with E-state index in [1.807, 2.05) is 0 Å². The summed E-state index contributed by atoms with van der Waals surface area (Å²) in [5, 5.41) is 0. The van der Waals surface area contributed by atoms with Crippen molar-refractivity contribution in [2.75, 3.05) is 38.1 Å². The van der Waals surface area contributed by atoms with Crippen LogP contribution in [-0.2, 0) is 12.8 Å². The Morgan fingerprint density at radius 1 is 1.17 bits per heavy atom. The van der Waals surface area contributed by atoms with Crippen LogP contribution in [0.2, 0.25) is 0 Å². The molecule has 0 aromatic heterocycles. The van der Waals surface area contributed by atoms with Crippen LogP contribution in [0.3, 0.4) is 0 Å². The molecule has 1 saturated heterocycles. The molecule has 1 aromatic carbocycles. The number of nitrogens with two attached hydrogens (primary N) is 1. The number of likely N-dealkylation sites (N-methyl/N-ethyl adjacent to an activating group) is 1. The van der Waals surface area contributed by atoms with Gasteiger partial charge in [-0.1, -0.05) is 12.1 Å². The average molecular weight is 245 g/mol. The normalized spacial score (nSPS) is 25.0. The minimum atomic E-state index is 0.361. The van der Waals surface area contributed by atoms with Gasteiger partial charge in [0.1, 0.15) is 0 Å². The third-order valence-corrected chi connectivity index (χ3v) is 4.34. The van der Waals surface area contributed by atoms with Crippen LogP contribution in [0.1, 0.15) is 17.5 Å². The van der Waals surface area contributed by atoms with Gasteiger partial charge in [0.25, 0.3) is 0 Å². The third kappa shape index (κ3) is 2.25. The highest BCUT2D eigenvalue weighted by molar-refractivity contribution is 5.58. The number of fused-ring (bicyclic) bond motifs is 1. The summed E-state index contributed by atoms with van der Waals surface area (Å²) in [7, 11) is 2.21. The molecule has 1 aliphatic carbocycles. The summed E-state index contributed by atoms with van der Waals surface area (Å²) < 4.78 is 0. The molecule has 0 bridgehead atoms. The predicted molar refractivity (Wildman–Crippen MR) is 76.2 cm³/mol. The number of hydrogen-bond acceptors (Lipinski definition) is 3. The fourth-order valence-electron chi connectivity index (χ4n) is 3.16.